The first kappa shape index (κ1) is 13.4. The van der Waals surface area contributed by atoms with Crippen LogP contribution in [-0.4, -0.2) is 30.3 Å². The van der Waals surface area contributed by atoms with Crippen molar-refractivity contribution in [1.82, 2.24) is 4.90 Å². The maximum Gasteiger partial charge on any atom is 0.156 e. The van der Waals surface area contributed by atoms with E-state index >= 15 is 0 Å². The standard InChI is InChI=1S/C12H23NO/c1-7-10(3)9-11(14)12(4,8-2)13(5)6/h3,7-9H2,1-2,4-6H3. The molecule has 0 rings (SSSR count). The van der Waals surface area contributed by atoms with Crippen LogP contribution in [0.25, 0.3) is 0 Å². The van der Waals surface area contributed by atoms with Crippen molar-refractivity contribution in [3.8, 4) is 0 Å². The highest BCUT2D eigenvalue weighted by Crippen LogP contribution is 2.21. The first-order valence-electron chi connectivity index (χ1n) is 5.25. The molecular weight excluding hydrogens is 174 g/mol. The molecular formula is C12H23NO. The van der Waals surface area contributed by atoms with E-state index in [1.165, 1.54) is 0 Å². The molecule has 2 heteroatoms. The van der Waals surface area contributed by atoms with Crippen molar-refractivity contribution in [3.05, 3.63) is 12.2 Å². The summed E-state index contributed by atoms with van der Waals surface area (Å²) < 4.78 is 0. The van der Waals surface area contributed by atoms with E-state index in [0.717, 1.165) is 18.4 Å². The number of hydrogen-bond acceptors (Lipinski definition) is 2. The highest BCUT2D eigenvalue weighted by Gasteiger charge is 2.32. The zero-order valence-electron chi connectivity index (χ0n) is 10.2. The number of rotatable bonds is 6. The third kappa shape index (κ3) is 2.95. The molecule has 0 aliphatic rings. The SMILES string of the molecule is C=C(CC)CC(=O)C(C)(CC)N(C)C. The summed E-state index contributed by atoms with van der Waals surface area (Å²) in [6.07, 6.45) is 2.24. The molecule has 0 bridgehead atoms. The first-order valence-corrected chi connectivity index (χ1v) is 5.25. The molecule has 0 saturated heterocycles. The lowest BCUT2D eigenvalue weighted by molar-refractivity contribution is -0.128. The number of Topliss-reactive ketones (excluding diaryl/α,β-unsaturated/α-hetero) is 1. The van der Waals surface area contributed by atoms with Crippen molar-refractivity contribution in [2.24, 2.45) is 0 Å². The number of carbonyl (C=O) groups excluding carboxylic acids is 1. The minimum Gasteiger partial charge on any atom is -0.297 e. The van der Waals surface area contributed by atoms with Gasteiger partial charge in [-0.2, -0.15) is 0 Å². The van der Waals surface area contributed by atoms with Gasteiger partial charge >= 0.3 is 0 Å². The molecule has 1 atom stereocenters. The van der Waals surface area contributed by atoms with Gasteiger partial charge in [0.2, 0.25) is 0 Å². The van der Waals surface area contributed by atoms with Crippen LogP contribution in [0.2, 0.25) is 0 Å². The number of ketones is 1. The van der Waals surface area contributed by atoms with E-state index in [2.05, 4.69) is 6.58 Å². The van der Waals surface area contributed by atoms with Gasteiger partial charge in [-0.05, 0) is 33.9 Å². The molecule has 0 fully saturated rings. The summed E-state index contributed by atoms with van der Waals surface area (Å²) in [6, 6.07) is 0. The lowest BCUT2D eigenvalue weighted by atomic mass is 9.88. The van der Waals surface area contributed by atoms with E-state index in [1.807, 2.05) is 39.8 Å². The summed E-state index contributed by atoms with van der Waals surface area (Å²) in [4.78, 5) is 14.0. The van der Waals surface area contributed by atoms with Gasteiger partial charge in [0.25, 0.3) is 0 Å². The minimum atomic E-state index is -0.335. The first-order chi connectivity index (χ1) is 6.38. The predicted molar refractivity (Wildman–Crippen MR) is 61.4 cm³/mol. The number of nitrogens with zero attached hydrogens (tertiary/aromatic N) is 1. The van der Waals surface area contributed by atoms with E-state index < -0.39 is 0 Å². The van der Waals surface area contributed by atoms with Crippen LogP contribution in [0.5, 0.6) is 0 Å². The Kier molecular flexibility index (Phi) is 5.06. The van der Waals surface area contributed by atoms with Crippen molar-refractivity contribution >= 4 is 5.78 Å². The monoisotopic (exact) mass is 197 g/mol. The van der Waals surface area contributed by atoms with Crippen molar-refractivity contribution in [2.45, 2.75) is 45.6 Å². The van der Waals surface area contributed by atoms with Crippen LogP contribution in [0.3, 0.4) is 0 Å². The fourth-order valence-electron chi connectivity index (χ4n) is 1.31. The van der Waals surface area contributed by atoms with Crippen LogP contribution >= 0.6 is 0 Å². The van der Waals surface area contributed by atoms with Crippen LogP contribution in [0, 0.1) is 0 Å². The second kappa shape index (κ2) is 5.30. The zero-order chi connectivity index (χ0) is 11.4. The third-order valence-electron chi connectivity index (χ3n) is 3.19. The molecule has 0 aromatic carbocycles. The Balaban J connectivity index is 4.55. The molecule has 0 aliphatic heterocycles. The van der Waals surface area contributed by atoms with E-state index in [-0.39, 0.29) is 11.3 Å². The Morgan fingerprint density at radius 1 is 1.36 bits per heavy atom. The number of carbonyl (C=O) groups is 1. The third-order valence-corrected chi connectivity index (χ3v) is 3.19. The van der Waals surface area contributed by atoms with Gasteiger partial charge in [0.05, 0.1) is 5.54 Å². The highest BCUT2D eigenvalue weighted by molar-refractivity contribution is 5.89. The summed E-state index contributed by atoms with van der Waals surface area (Å²) in [5.74, 6) is 0.275. The predicted octanol–water partition coefficient (Wildman–Crippen LogP) is 2.64. The molecule has 0 heterocycles. The molecule has 0 aromatic rings. The van der Waals surface area contributed by atoms with Crippen molar-refractivity contribution in [3.63, 3.8) is 0 Å². The van der Waals surface area contributed by atoms with E-state index in [9.17, 15) is 4.79 Å². The largest absolute Gasteiger partial charge is 0.297 e. The molecule has 14 heavy (non-hydrogen) atoms. The normalized spacial score (nSPS) is 15.3. The molecule has 0 N–H and O–H groups in total. The average molecular weight is 197 g/mol. The second-order valence-corrected chi connectivity index (χ2v) is 4.23. The molecule has 2 nitrogen and oxygen atoms in total. The van der Waals surface area contributed by atoms with Gasteiger partial charge in [-0.15, -0.1) is 0 Å². The fraction of sp³-hybridized carbons (Fsp3) is 0.750. The van der Waals surface area contributed by atoms with Gasteiger partial charge in [-0.1, -0.05) is 26.0 Å². The Hall–Kier alpha value is -0.630. The smallest absolute Gasteiger partial charge is 0.156 e. The van der Waals surface area contributed by atoms with Gasteiger partial charge in [-0.25, -0.2) is 0 Å². The number of likely N-dealkylation sites (N-methyl/N-ethyl adjacent to an activating group) is 1. The quantitative estimate of drug-likeness (QED) is 0.610. The van der Waals surface area contributed by atoms with Gasteiger partial charge in [0.1, 0.15) is 0 Å². The summed E-state index contributed by atoms with van der Waals surface area (Å²) in [6.45, 7) is 9.96. The zero-order valence-corrected chi connectivity index (χ0v) is 10.2. The molecule has 0 radical (unpaired) electrons. The van der Waals surface area contributed by atoms with Gasteiger partial charge < -0.3 is 0 Å². The van der Waals surface area contributed by atoms with Crippen molar-refractivity contribution < 1.29 is 4.79 Å². The Morgan fingerprint density at radius 3 is 2.14 bits per heavy atom. The average Bonchev–Trinajstić information content (AvgIpc) is 2.15. The highest BCUT2D eigenvalue weighted by atomic mass is 16.1. The lowest BCUT2D eigenvalue weighted by Crippen LogP contribution is -2.48. The molecule has 0 aromatic heterocycles. The van der Waals surface area contributed by atoms with E-state index in [0.29, 0.717) is 6.42 Å². The molecule has 0 amide bonds. The van der Waals surface area contributed by atoms with Crippen molar-refractivity contribution in [2.75, 3.05) is 14.1 Å². The maximum atomic E-state index is 12.0. The van der Waals surface area contributed by atoms with Gasteiger partial charge in [0, 0.05) is 6.42 Å². The maximum absolute atomic E-state index is 12.0. The van der Waals surface area contributed by atoms with Crippen LogP contribution in [0.4, 0.5) is 0 Å². The second-order valence-electron chi connectivity index (χ2n) is 4.23. The Bertz CT molecular complexity index is 220. The minimum absolute atomic E-state index is 0.275. The van der Waals surface area contributed by atoms with Crippen LogP contribution in [-0.2, 0) is 4.79 Å². The molecule has 0 saturated carbocycles. The number of allylic oxidation sites excluding steroid dienone is 1. The van der Waals surface area contributed by atoms with E-state index in [1.54, 1.807) is 0 Å². The van der Waals surface area contributed by atoms with Crippen molar-refractivity contribution in [1.29, 1.82) is 0 Å². The van der Waals surface area contributed by atoms with Gasteiger partial charge in [-0.3, -0.25) is 9.69 Å². The van der Waals surface area contributed by atoms with Gasteiger partial charge in [0.15, 0.2) is 5.78 Å². The fourth-order valence-corrected chi connectivity index (χ4v) is 1.31. The Labute approximate surface area is 88.0 Å². The summed E-state index contributed by atoms with van der Waals surface area (Å²) in [7, 11) is 3.91. The van der Waals surface area contributed by atoms with Crippen LogP contribution in [0.15, 0.2) is 12.2 Å². The summed E-state index contributed by atoms with van der Waals surface area (Å²) in [5.41, 5.74) is 0.689. The number of hydrogen-bond donors (Lipinski definition) is 0. The van der Waals surface area contributed by atoms with Crippen LogP contribution < -0.4 is 0 Å². The molecule has 1 unspecified atom stereocenters. The topological polar surface area (TPSA) is 20.3 Å². The summed E-state index contributed by atoms with van der Waals surface area (Å²) in [5, 5.41) is 0. The van der Waals surface area contributed by atoms with E-state index in [4.69, 9.17) is 0 Å². The van der Waals surface area contributed by atoms with Crippen LogP contribution in [0.1, 0.15) is 40.0 Å². The molecule has 0 spiro atoms. The molecule has 82 valence electrons. The lowest BCUT2D eigenvalue weighted by Gasteiger charge is -2.34. The Morgan fingerprint density at radius 2 is 1.86 bits per heavy atom. The summed E-state index contributed by atoms with van der Waals surface area (Å²) >= 11 is 0. The molecule has 0 aliphatic carbocycles.